The molecule has 1 saturated heterocycles. The average Bonchev–Trinajstić information content (AvgIpc) is 3.42. The molecule has 1 atom stereocenters. The molecule has 2 aromatic carbocycles. The van der Waals surface area contributed by atoms with Gasteiger partial charge >= 0.3 is 0 Å². The predicted molar refractivity (Wildman–Crippen MR) is 118 cm³/mol. The highest BCUT2D eigenvalue weighted by atomic mass is 35.5. The monoisotopic (exact) mass is 438 g/mol. The van der Waals surface area contributed by atoms with Gasteiger partial charge in [0, 0.05) is 36.9 Å². The quantitative estimate of drug-likeness (QED) is 0.614. The number of carbonyl (C=O) groups is 2. The molecule has 0 spiro atoms. The second kappa shape index (κ2) is 9.22. The summed E-state index contributed by atoms with van der Waals surface area (Å²) >= 11 is 6.10. The molecule has 8 heteroatoms. The first-order valence-electron chi connectivity index (χ1n) is 10.0. The number of methoxy groups -OCH3 is 1. The summed E-state index contributed by atoms with van der Waals surface area (Å²) in [6, 6.07) is 14.9. The molecule has 4 rings (SSSR count). The highest BCUT2D eigenvalue weighted by Gasteiger charge is 2.36. The molecule has 0 radical (unpaired) electrons. The fourth-order valence-electron chi connectivity index (χ4n) is 3.77. The Kier molecular flexibility index (Phi) is 6.23. The number of hydrogen-bond acceptors (Lipinski definition) is 4. The fourth-order valence-corrected chi connectivity index (χ4v) is 3.94. The van der Waals surface area contributed by atoms with E-state index in [9.17, 15) is 9.59 Å². The van der Waals surface area contributed by atoms with E-state index < -0.39 is 5.92 Å². The molecular formula is C23H23ClN4O3. The lowest BCUT2D eigenvalue weighted by atomic mass is 10.1. The second-order valence-electron chi connectivity index (χ2n) is 7.41. The zero-order valence-electron chi connectivity index (χ0n) is 17.1. The molecule has 7 nitrogen and oxygen atoms in total. The number of aromatic nitrogens is 2. The van der Waals surface area contributed by atoms with Gasteiger partial charge in [0.2, 0.25) is 11.8 Å². The molecule has 1 aliphatic heterocycles. The Labute approximate surface area is 185 Å². The number of carbonyl (C=O) groups excluding carboxylic acids is 2. The van der Waals surface area contributed by atoms with Crippen molar-refractivity contribution in [2.75, 3.05) is 18.6 Å². The number of hydrogen-bond donors (Lipinski definition) is 1. The summed E-state index contributed by atoms with van der Waals surface area (Å²) in [6.07, 6.45) is 3.79. The Morgan fingerprint density at radius 2 is 2.03 bits per heavy atom. The van der Waals surface area contributed by atoms with Crippen molar-refractivity contribution in [2.45, 2.75) is 19.5 Å². The van der Waals surface area contributed by atoms with Crippen LogP contribution >= 0.6 is 11.6 Å². The van der Waals surface area contributed by atoms with Gasteiger partial charge in [-0.25, -0.2) is 0 Å². The fraction of sp³-hybridized carbons (Fsp3) is 0.261. The highest BCUT2D eigenvalue weighted by molar-refractivity contribution is 6.31. The standard InChI is InChI=1S/C23H23ClN4O3/c1-31-21-8-7-19(24)12-20(21)28-15-18(11-22(28)29)23(30)25-13-16-5-2-3-6-17(16)14-27-10-4-9-26-27/h2-10,12,18H,11,13-15H2,1H3,(H,25,30). The number of halogens is 1. The van der Waals surface area contributed by atoms with E-state index >= 15 is 0 Å². The van der Waals surface area contributed by atoms with Crippen LogP contribution in [0.15, 0.2) is 60.9 Å². The van der Waals surface area contributed by atoms with Gasteiger partial charge in [-0.1, -0.05) is 35.9 Å². The average molecular weight is 439 g/mol. The van der Waals surface area contributed by atoms with Crippen LogP contribution in [0.5, 0.6) is 5.75 Å². The van der Waals surface area contributed by atoms with Crippen LogP contribution in [-0.4, -0.2) is 35.2 Å². The molecule has 1 fully saturated rings. The van der Waals surface area contributed by atoms with Crippen LogP contribution in [0.25, 0.3) is 0 Å². The van der Waals surface area contributed by atoms with E-state index in [1.807, 2.05) is 41.2 Å². The first kappa shape index (κ1) is 20.9. The zero-order valence-corrected chi connectivity index (χ0v) is 17.9. The Morgan fingerprint density at radius 1 is 1.23 bits per heavy atom. The van der Waals surface area contributed by atoms with Crippen LogP contribution in [0.4, 0.5) is 5.69 Å². The Morgan fingerprint density at radius 3 is 2.77 bits per heavy atom. The minimum atomic E-state index is -0.436. The SMILES string of the molecule is COc1ccc(Cl)cc1N1CC(C(=O)NCc2ccccc2Cn2cccn2)CC1=O. The van der Waals surface area contributed by atoms with Gasteiger partial charge in [-0.05, 0) is 35.4 Å². The van der Waals surface area contributed by atoms with Crippen LogP contribution in [0, 0.1) is 5.92 Å². The van der Waals surface area contributed by atoms with Gasteiger partial charge in [-0.15, -0.1) is 0 Å². The zero-order chi connectivity index (χ0) is 21.8. The number of nitrogens with zero attached hydrogens (tertiary/aromatic N) is 3. The van der Waals surface area contributed by atoms with E-state index in [1.54, 1.807) is 29.3 Å². The van der Waals surface area contributed by atoms with E-state index in [1.165, 1.54) is 7.11 Å². The third-order valence-corrected chi connectivity index (χ3v) is 5.63. The molecule has 1 N–H and O–H groups in total. The first-order chi connectivity index (χ1) is 15.0. The van der Waals surface area contributed by atoms with Crippen molar-refractivity contribution in [3.63, 3.8) is 0 Å². The van der Waals surface area contributed by atoms with Gasteiger partial charge in [-0.2, -0.15) is 5.10 Å². The van der Waals surface area contributed by atoms with Crippen molar-refractivity contribution < 1.29 is 14.3 Å². The summed E-state index contributed by atoms with van der Waals surface area (Å²) in [5, 5.41) is 7.74. The van der Waals surface area contributed by atoms with Crippen LogP contribution in [0.3, 0.4) is 0 Å². The van der Waals surface area contributed by atoms with Crippen molar-refractivity contribution in [3.05, 3.63) is 77.1 Å². The molecular weight excluding hydrogens is 416 g/mol. The minimum Gasteiger partial charge on any atom is -0.495 e. The van der Waals surface area contributed by atoms with E-state index in [-0.39, 0.29) is 24.8 Å². The molecule has 1 unspecified atom stereocenters. The van der Waals surface area contributed by atoms with Crippen molar-refractivity contribution in [2.24, 2.45) is 5.92 Å². The van der Waals surface area contributed by atoms with Crippen molar-refractivity contribution in [1.29, 1.82) is 0 Å². The lowest BCUT2D eigenvalue weighted by Crippen LogP contribution is -2.33. The Balaban J connectivity index is 1.42. The van der Waals surface area contributed by atoms with E-state index in [2.05, 4.69) is 10.4 Å². The maximum atomic E-state index is 12.8. The van der Waals surface area contributed by atoms with Crippen LogP contribution < -0.4 is 15.0 Å². The summed E-state index contributed by atoms with van der Waals surface area (Å²) in [5.41, 5.74) is 2.68. The summed E-state index contributed by atoms with van der Waals surface area (Å²) in [6.45, 7) is 1.31. The van der Waals surface area contributed by atoms with Gasteiger partial charge in [0.15, 0.2) is 0 Å². The normalized spacial score (nSPS) is 15.9. The molecule has 0 saturated carbocycles. The third kappa shape index (κ3) is 4.72. The lowest BCUT2D eigenvalue weighted by molar-refractivity contribution is -0.126. The molecule has 31 heavy (non-hydrogen) atoms. The number of ether oxygens (including phenoxy) is 1. The summed E-state index contributed by atoms with van der Waals surface area (Å²) < 4.78 is 7.20. The van der Waals surface area contributed by atoms with Gasteiger partial charge < -0.3 is 15.0 Å². The van der Waals surface area contributed by atoms with Crippen LogP contribution in [0.1, 0.15) is 17.5 Å². The van der Waals surface area contributed by atoms with E-state index in [4.69, 9.17) is 16.3 Å². The van der Waals surface area contributed by atoms with Crippen LogP contribution in [0.2, 0.25) is 5.02 Å². The van der Waals surface area contributed by atoms with E-state index in [0.29, 0.717) is 29.5 Å². The first-order valence-corrected chi connectivity index (χ1v) is 10.4. The van der Waals surface area contributed by atoms with Crippen molar-refractivity contribution in [1.82, 2.24) is 15.1 Å². The molecule has 0 bridgehead atoms. The summed E-state index contributed by atoms with van der Waals surface area (Å²) in [4.78, 5) is 27.0. The summed E-state index contributed by atoms with van der Waals surface area (Å²) in [5.74, 6) is -0.161. The highest BCUT2D eigenvalue weighted by Crippen LogP contribution is 2.35. The minimum absolute atomic E-state index is 0.125. The number of amides is 2. The van der Waals surface area contributed by atoms with Crippen LogP contribution in [-0.2, 0) is 22.7 Å². The Hall–Kier alpha value is -3.32. The molecule has 2 heterocycles. The third-order valence-electron chi connectivity index (χ3n) is 5.39. The van der Waals surface area contributed by atoms with Crippen molar-refractivity contribution in [3.8, 4) is 5.75 Å². The molecule has 0 aliphatic carbocycles. The lowest BCUT2D eigenvalue weighted by Gasteiger charge is -2.20. The van der Waals surface area contributed by atoms with Gasteiger partial charge in [-0.3, -0.25) is 14.3 Å². The number of benzene rings is 2. The Bertz CT molecular complexity index is 1080. The predicted octanol–water partition coefficient (Wildman–Crippen LogP) is 3.26. The smallest absolute Gasteiger partial charge is 0.227 e. The molecule has 1 aromatic heterocycles. The maximum absolute atomic E-state index is 12.8. The topological polar surface area (TPSA) is 76.5 Å². The van der Waals surface area contributed by atoms with Gasteiger partial charge in [0.25, 0.3) is 0 Å². The van der Waals surface area contributed by atoms with Gasteiger partial charge in [0.1, 0.15) is 5.75 Å². The number of rotatable bonds is 7. The largest absolute Gasteiger partial charge is 0.495 e. The number of nitrogens with one attached hydrogen (secondary N) is 1. The molecule has 1 aliphatic rings. The number of anilines is 1. The molecule has 2 amide bonds. The van der Waals surface area contributed by atoms with Crippen molar-refractivity contribution >= 4 is 29.1 Å². The summed E-state index contributed by atoms with van der Waals surface area (Å²) in [7, 11) is 1.54. The molecule has 3 aromatic rings. The van der Waals surface area contributed by atoms with E-state index in [0.717, 1.165) is 11.1 Å². The molecule has 160 valence electrons. The van der Waals surface area contributed by atoms with Gasteiger partial charge in [0.05, 0.1) is 25.3 Å². The second-order valence-corrected chi connectivity index (χ2v) is 7.85. The maximum Gasteiger partial charge on any atom is 0.227 e.